The Hall–Kier alpha value is -1.01. The second kappa shape index (κ2) is 6.80. The quantitative estimate of drug-likeness (QED) is 0.508. The zero-order valence-corrected chi connectivity index (χ0v) is 12.1. The molecule has 0 atom stereocenters. The third kappa shape index (κ3) is 4.34. The van der Waals surface area contributed by atoms with Crippen molar-refractivity contribution in [2.45, 2.75) is 45.1 Å². The molecule has 18 heavy (non-hydrogen) atoms. The molecular weight excluding hydrogens is 264 g/mol. The van der Waals surface area contributed by atoms with Gasteiger partial charge in [-0.2, -0.15) is 5.10 Å². The molecule has 0 amide bonds. The van der Waals surface area contributed by atoms with Gasteiger partial charge < -0.3 is 5.32 Å². The summed E-state index contributed by atoms with van der Waals surface area (Å²) in [4.78, 5) is 4.29. The Bertz CT molecular complexity index is 421. The first-order valence-corrected chi connectivity index (χ1v) is 7.54. The SMILES string of the molecule is Cc1nc(/C=N\NC(=S)NC2CCCCC2)cs1. The van der Waals surface area contributed by atoms with Gasteiger partial charge in [0.1, 0.15) is 0 Å². The molecule has 0 radical (unpaired) electrons. The van der Waals surface area contributed by atoms with E-state index in [2.05, 4.69) is 20.8 Å². The summed E-state index contributed by atoms with van der Waals surface area (Å²) < 4.78 is 0. The highest BCUT2D eigenvalue weighted by molar-refractivity contribution is 7.80. The van der Waals surface area contributed by atoms with Crippen LogP contribution in [0.1, 0.15) is 42.8 Å². The third-order valence-corrected chi connectivity index (χ3v) is 3.94. The summed E-state index contributed by atoms with van der Waals surface area (Å²) in [5.74, 6) is 0. The van der Waals surface area contributed by atoms with Gasteiger partial charge in [-0.1, -0.05) is 19.3 Å². The zero-order valence-electron chi connectivity index (χ0n) is 10.5. The zero-order chi connectivity index (χ0) is 12.8. The Balaban J connectivity index is 1.72. The van der Waals surface area contributed by atoms with E-state index in [1.165, 1.54) is 32.1 Å². The first kappa shape index (κ1) is 13.4. The second-order valence-corrected chi connectivity index (χ2v) is 5.94. The number of nitrogens with zero attached hydrogens (tertiary/aromatic N) is 2. The van der Waals surface area contributed by atoms with Crippen LogP contribution in [0.15, 0.2) is 10.5 Å². The number of thiocarbonyl (C=S) groups is 1. The fourth-order valence-corrected chi connectivity index (χ4v) is 2.84. The van der Waals surface area contributed by atoms with Crippen LogP contribution in [0.3, 0.4) is 0 Å². The van der Waals surface area contributed by atoms with E-state index < -0.39 is 0 Å². The minimum absolute atomic E-state index is 0.510. The van der Waals surface area contributed by atoms with Crippen molar-refractivity contribution in [3.05, 3.63) is 16.1 Å². The number of hydrazone groups is 1. The molecular formula is C12H18N4S2. The molecule has 1 aliphatic rings. The number of rotatable bonds is 3. The van der Waals surface area contributed by atoms with Crippen molar-refractivity contribution in [2.24, 2.45) is 5.10 Å². The van der Waals surface area contributed by atoms with Gasteiger partial charge in [0.2, 0.25) is 0 Å². The van der Waals surface area contributed by atoms with Gasteiger partial charge >= 0.3 is 0 Å². The second-order valence-electron chi connectivity index (χ2n) is 4.47. The Morgan fingerprint density at radius 1 is 1.50 bits per heavy atom. The average Bonchev–Trinajstić information content (AvgIpc) is 2.76. The summed E-state index contributed by atoms with van der Waals surface area (Å²) in [6, 6.07) is 0.510. The molecule has 0 saturated heterocycles. The molecule has 2 rings (SSSR count). The molecule has 0 aliphatic heterocycles. The average molecular weight is 282 g/mol. The molecule has 0 spiro atoms. The number of aromatic nitrogens is 1. The van der Waals surface area contributed by atoms with Crippen LogP contribution in [0, 0.1) is 6.92 Å². The Morgan fingerprint density at radius 2 is 2.28 bits per heavy atom. The molecule has 1 heterocycles. The van der Waals surface area contributed by atoms with Crippen molar-refractivity contribution in [1.29, 1.82) is 0 Å². The number of nitrogens with one attached hydrogen (secondary N) is 2. The van der Waals surface area contributed by atoms with Crippen molar-refractivity contribution in [3.63, 3.8) is 0 Å². The summed E-state index contributed by atoms with van der Waals surface area (Å²) >= 11 is 6.81. The number of hydrogen-bond acceptors (Lipinski definition) is 4. The number of thiazole rings is 1. The Kier molecular flexibility index (Phi) is 5.07. The van der Waals surface area contributed by atoms with Crippen LogP contribution in [0.25, 0.3) is 0 Å². The first-order valence-electron chi connectivity index (χ1n) is 6.26. The highest BCUT2D eigenvalue weighted by Crippen LogP contribution is 2.17. The van der Waals surface area contributed by atoms with E-state index >= 15 is 0 Å². The summed E-state index contributed by atoms with van der Waals surface area (Å²) in [6.45, 7) is 1.98. The predicted molar refractivity (Wildman–Crippen MR) is 80.2 cm³/mol. The van der Waals surface area contributed by atoms with Crippen molar-refractivity contribution in [3.8, 4) is 0 Å². The van der Waals surface area contributed by atoms with Gasteiger partial charge in [0.05, 0.1) is 16.9 Å². The summed E-state index contributed by atoms with van der Waals surface area (Å²) in [6.07, 6.45) is 8.04. The lowest BCUT2D eigenvalue weighted by Gasteiger charge is -2.23. The fraction of sp³-hybridized carbons (Fsp3) is 0.583. The summed E-state index contributed by atoms with van der Waals surface area (Å²) in [7, 11) is 0. The van der Waals surface area contributed by atoms with Gasteiger partial charge in [-0.15, -0.1) is 11.3 Å². The van der Waals surface area contributed by atoms with E-state index in [0.717, 1.165) is 10.7 Å². The molecule has 0 unspecified atom stereocenters. The van der Waals surface area contributed by atoms with Crippen LogP contribution in [0.2, 0.25) is 0 Å². The van der Waals surface area contributed by atoms with Gasteiger partial charge in [-0.05, 0) is 32.0 Å². The van der Waals surface area contributed by atoms with Crippen molar-refractivity contribution >= 4 is 34.9 Å². The maximum Gasteiger partial charge on any atom is 0.187 e. The van der Waals surface area contributed by atoms with E-state index in [-0.39, 0.29) is 0 Å². The van der Waals surface area contributed by atoms with Crippen molar-refractivity contribution in [2.75, 3.05) is 0 Å². The molecule has 4 nitrogen and oxygen atoms in total. The lowest BCUT2D eigenvalue weighted by atomic mass is 9.96. The highest BCUT2D eigenvalue weighted by Gasteiger charge is 2.13. The van der Waals surface area contributed by atoms with Gasteiger partial charge in [0, 0.05) is 11.4 Å². The largest absolute Gasteiger partial charge is 0.359 e. The molecule has 1 saturated carbocycles. The molecule has 1 aliphatic carbocycles. The van der Waals surface area contributed by atoms with Crippen LogP contribution in [-0.2, 0) is 0 Å². The molecule has 0 aromatic carbocycles. The van der Waals surface area contributed by atoms with E-state index in [4.69, 9.17) is 12.2 Å². The lowest BCUT2D eigenvalue weighted by Crippen LogP contribution is -2.40. The van der Waals surface area contributed by atoms with Crippen LogP contribution in [0.4, 0.5) is 0 Å². The van der Waals surface area contributed by atoms with Gasteiger partial charge in [-0.3, -0.25) is 5.43 Å². The van der Waals surface area contributed by atoms with E-state index in [1.54, 1.807) is 17.6 Å². The molecule has 1 aromatic rings. The minimum atomic E-state index is 0.510. The van der Waals surface area contributed by atoms with E-state index in [0.29, 0.717) is 11.2 Å². The van der Waals surface area contributed by atoms with Crippen LogP contribution >= 0.6 is 23.6 Å². The number of aryl methyl sites for hydroxylation is 1. The van der Waals surface area contributed by atoms with Crippen molar-refractivity contribution in [1.82, 2.24) is 15.7 Å². The maximum absolute atomic E-state index is 5.20. The van der Waals surface area contributed by atoms with E-state index in [9.17, 15) is 0 Å². The molecule has 6 heteroatoms. The summed E-state index contributed by atoms with van der Waals surface area (Å²) in [5.41, 5.74) is 3.71. The lowest BCUT2D eigenvalue weighted by molar-refractivity contribution is 0.412. The number of hydrogen-bond donors (Lipinski definition) is 2. The minimum Gasteiger partial charge on any atom is -0.359 e. The molecule has 1 aromatic heterocycles. The maximum atomic E-state index is 5.20. The summed E-state index contributed by atoms with van der Waals surface area (Å²) in [5, 5.41) is 11.0. The monoisotopic (exact) mass is 282 g/mol. The first-order chi connectivity index (χ1) is 8.74. The van der Waals surface area contributed by atoms with Crippen LogP contribution < -0.4 is 10.7 Å². The van der Waals surface area contributed by atoms with Crippen LogP contribution in [0.5, 0.6) is 0 Å². The normalized spacial score (nSPS) is 16.9. The van der Waals surface area contributed by atoms with E-state index in [1.807, 2.05) is 12.3 Å². The topological polar surface area (TPSA) is 49.3 Å². The van der Waals surface area contributed by atoms with Crippen molar-refractivity contribution < 1.29 is 0 Å². The molecule has 0 bridgehead atoms. The predicted octanol–water partition coefficient (Wildman–Crippen LogP) is 2.58. The standard InChI is InChI=1S/C12H18N4S2/c1-9-14-11(8-18-9)7-13-16-12(17)15-10-5-3-2-4-6-10/h7-8,10H,2-6H2,1H3,(H2,15,16,17)/b13-7-. The third-order valence-electron chi connectivity index (χ3n) is 2.94. The smallest absolute Gasteiger partial charge is 0.187 e. The van der Waals surface area contributed by atoms with Crippen LogP contribution in [-0.4, -0.2) is 22.4 Å². The van der Waals surface area contributed by atoms with Gasteiger partial charge in [-0.25, -0.2) is 4.98 Å². The van der Waals surface area contributed by atoms with Gasteiger partial charge in [0.15, 0.2) is 5.11 Å². The molecule has 98 valence electrons. The molecule has 2 N–H and O–H groups in total. The molecule has 1 fully saturated rings. The van der Waals surface area contributed by atoms with Gasteiger partial charge in [0.25, 0.3) is 0 Å². The Labute approximate surface area is 117 Å². The Morgan fingerprint density at radius 3 is 2.94 bits per heavy atom. The highest BCUT2D eigenvalue weighted by atomic mass is 32.1. The fourth-order valence-electron chi connectivity index (χ4n) is 2.06.